The molecule has 2 aromatic carbocycles. The van der Waals surface area contributed by atoms with Gasteiger partial charge in [-0.15, -0.1) is 5.10 Å². The van der Waals surface area contributed by atoms with Crippen LogP contribution in [0.25, 0.3) is 11.0 Å². The van der Waals surface area contributed by atoms with Crippen LogP contribution in [0.1, 0.15) is 23.8 Å². The average Bonchev–Trinajstić information content (AvgIpc) is 3.39. The minimum absolute atomic E-state index is 0.170. The highest BCUT2D eigenvalue weighted by Gasteiger charge is 2.39. The molecular weight excluding hydrogens is 392 g/mol. The van der Waals surface area contributed by atoms with Crippen LogP contribution in [0.4, 0.5) is 0 Å². The lowest BCUT2D eigenvalue weighted by Gasteiger charge is -2.20. The summed E-state index contributed by atoms with van der Waals surface area (Å²) in [4.78, 5) is 8.28. The van der Waals surface area contributed by atoms with Crippen molar-refractivity contribution in [3.63, 3.8) is 0 Å². The first-order valence-electron chi connectivity index (χ1n) is 10.4. The second-order valence-electron chi connectivity index (χ2n) is 7.87. The fourth-order valence-electron chi connectivity index (χ4n) is 3.68. The van der Waals surface area contributed by atoms with E-state index in [0.717, 1.165) is 16.9 Å². The van der Waals surface area contributed by atoms with Gasteiger partial charge in [-0.3, -0.25) is 0 Å². The summed E-state index contributed by atoms with van der Waals surface area (Å²) in [5.41, 5.74) is 3.03. The summed E-state index contributed by atoms with van der Waals surface area (Å²) in [5.74, 6) is 1.63. The molecule has 1 aliphatic heterocycles. The van der Waals surface area contributed by atoms with Crippen LogP contribution < -0.4 is 9.47 Å². The molecule has 5 rings (SSSR count). The van der Waals surface area contributed by atoms with Crippen LogP contribution in [0.5, 0.6) is 11.5 Å². The fourth-order valence-corrected chi connectivity index (χ4v) is 3.68. The van der Waals surface area contributed by atoms with Crippen molar-refractivity contribution in [1.29, 1.82) is 0 Å². The van der Waals surface area contributed by atoms with Gasteiger partial charge in [-0.2, -0.15) is 0 Å². The molecule has 2 aromatic heterocycles. The number of benzene rings is 2. The Hall–Kier alpha value is -3.45. The predicted octanol–water partition coefficient (Wildman–Crippen LogP) is 4.26. The molecule has 0 aliphatic carbocycles. The molecule has 0 unspecified atom stereocenters. The first kappa shape index (κ1) is 19.5. The van der Waals surface area contributed by atoms with E-state index in [1.54, 1.807) is 10.9 Å². The largest absolute Gasteiger partial charge is 0.491 e. The summed E-state index contributed by atoms with van der Waals surface area (Å²) < 4.78 is 20.5. The van der Waals surface area contributed by atoms with Crippen molar-refractivity contribution in [2.45, 2.75) is 38.7 Å². The molecule has 3 atom stereocenters. The highest BCUT2D eigenvalue weighted by molar-refractivity contribution is 5.72. The smallest absolute Gasteiger partial charge is 0.184 e. The fraction of sp³-hybridized carbons (Fsp3) is 0.292. The maximum absolute atomic E-state index is 6.33. The van der Waals surface area contributed by atoms with Gasteiger partial charge in [-0.25, -0.2) is 14.6 Å². The lowest BCUT2D eigenvalue weighted by Crippen LogP contribution is -2.32. The van der Waals surface area contributed by atoms with Crippen LogP contribution >= 0.6 is 0 Å². The first-order chi connectivity index (χ1) is 15.1. The monoisotopic (exact) mass is 416 g/mol. The van der Waals surface area contributed by atoms with E-state index >= 15 is 0 Å². The number of fused-ring (bicyclic) bond motifs is 1. The number of ether oxygens (including phenoxy) is 3. The van der Waals surface area contributed by atoms with E-state index in [0.29, 0.717) is 18.7 Å². The molecule has 1 saturated heterocycles. The average molecular weight is 416 g/mol. The minimum atomic E-state index is -0.267. The van der Waals surface area contributed by atoms with Crippen molar-refractivity contribution in [2.75, 3.05) is 6.61 Å². The lowest BCUT2D eigenvalue weighted by molar-refractivity contribution is -0.0397. The molecule has 1 aliphatic rings. The van der Waals surface area contributed by atoms with Crippen LogP contribution in [-0.2, 0) is 4.74 Å². The van der Waals surface area contributed by atoms with Gasteiger partial charge in [0.25, 0.3) is 0 Å². The standard InChI is InChI=1S/C24H24N4O3/c1-16-3-7-19(8-4-16)29-14-22-21(30-20-9-5-17(2)6-10-20)11-23(31-22)28-13-18-12-25-15-26-24(18)27-28/h3-10,12-13,15,21-23H,11,14H2,1-2H3/t21-,22+,23+/m0/s1. The van der Waals surface area contributed by atoms with E-state index in [2.05, 4.69) is 28.9 Å². The van der Waals surface area contributed by atoms with Gasteiger partial charge in [-0.05, 0) is 38.1 Å². The van der Waals surface area contributed by atoms with Gasteiger partial charge < -0.3 is 14.2 Å². The molecule has 7 heteroatoms. The molecule has 4 aromatic rings. The topological polar surface area (TPSA) is 71.3 Å². The first-order valence-corrected chi connectivity index (χ1v) is 10.4. The van der Waals surface area contributed by atoms with E-state index in [-0.39, 0.29) is 18.4 Å². The van der Waals surface area contributed by atoms with Crippen molar-refractivity contribution in [1.82, 2.24) is 19.7 Å². The van der Waals surface area contributed by atoms with Crippen molar-refractivity contribution in [3.05, 3.63) is 78.4 Å². The zero-order valence-corrected chi connectivity index (χ0v) is 17.5. The third-order valence-corrected chi connectivity index (χ3v) is 5.42. The van der Waals surface area contributed by atoms with Gasteiger partial charge in [-0.1, -0.05) is 35.4 Å². The SMILES string of the molecule is Cc1ccc(OC[C@H]2O[C@@H](n3cc4cncnc4n3)C[C@@H]2Oc2ccc(C)cc2)cc1. The maximum Gasteiger partial charge on any atom is 0.184 e. The van der Waals surface area contributed by atoms with Gasteiger partial charge in [0.15, 0.2) is 11.9 Å². The van der Waals surface area contributed by atoms with Gasteiger partial charge in [0.05, 0.1) is 5.39 Å². The molecule has 0 radical (unpaired) electrons. The summed E-state index contributed by atoms with van der Waals surface area (Å²) in [6, 6.07) is 16.1. The summed E-state index contributed by atoms with van der Waals surface area (Å²) in [6.45, 7) is 4.50. The Morgan fingerprint density at radius 3 is 2.42 bits per heavy atom. The van der Waals surface area contributed by atoms with Gasteiger partial charge >= 0.3 is 0 Å². The van der Waals surface area contributed by atoms with E-state index in [1.807, 2.05) is 54.7 Å². The Labute approximate surface area is 180 Å². The van der Waals surface area contributed by atoms with Crippen LogP contribution in [0.2, 0.25) is 0 Å². The normalized spacial score (nSPS) is 20.8. The van der Waals surface area contributed by atoms with Crippen LogP contribution in [0, 0.1) is 13.8 Å². The molecule has 1 fully saturated rings. The Bertz CT molecular complexity index is 1120. The van der Waals surface area contributed by atoms with E-state index in [9.17, 15) is 0 Å². The van der Waals surface area contributed by atoms with Crippen LogP contribution in [-0.4, -0.2) is 38.6 Å². The lowest BCUT2D eigenvalue weighted by atomic mass is 10.1. The highest BCUT2D eigenvalue weighted by atomic mass is 16.6. The number of hydrogen-bond donors (Lipinski definition) is 0. The summed E-state index contributed by atoms with van der Waals surface area (Å²) >= 11 is 0. The van der Waals surface area contributed by atoms with Crippen molar-refractivity contribution >= 4 is 11.0 Å². The second-order valence-corrected chi connectivity index (χ2v) is 7.87. The second kappa shape index (κ2) is 8.35. The Morgan fingerprint density at radius 2 is 1.71 bits per heavy atom. The molecular formula is C24H24N4O3. The maximum atomic E-state index is 6.33. The number of aryl methyl sites for hydroxylation is 2. The summed E-state index contributed by atoms with van der Waals surface area (Å²) in [5, 5.41) is 5.43. The zero-order chi connectivity index (χ0) is 21.2. The summed E-state index contributed by atoms with van der Waals surface area (Å²) in [6.07, 6.45) is 5.12. The van der Waals surface area contributed by atoms with Gasteiger partial charge in [0.1, 0.15) is 36.6 Å². The summed E-state index contributed by atoms with van der Waals surface area (Å²) in [7, 11) is 0. The number of aromatic nitrogens is 4. The molecule has 3 heterocycles. The quantitative estimate of drug-likeness (QED) is 0.468. The highest BCUT2D eigenvalue weighted by Crippen LogP contribution is 2.33. The van der Waals surface area contributed by atoms with Crippen LogP contribution in [0.3, 0.4) is 0 Å². The third-order valence-electron chi connectivity index (χ3n) is 5.42. The van der Waals surface area contributed by atoms with Gasteiger partial charge in [0, 0.05) is 18.8 Å². The van der Waals surface area contributed by atoms with Gasteiger partial charge in [0.2, 0.25) is 0 Å². The van der Waals surface area contributed by atoms with E-state index < -0.39 is 0 Å². The van der Waals surface area contributed by atoms with Crippen molar-refractivity contribution in [2.24, 2.45) is 0 Å². The van der Waals surface area contributed by atoms with E-state index in [4.69, 9.17) is 14.2 Å². The molecule has 0 spiro atoms. The molecule has 0 bridgehead atoms. The van der Waals surface area contributed by atoms with Crippen molar-refractivity contribution in [3.8, 4) is 11.5 Å². The minimum Gasteiger partial charge on any atom is -0.491 e. The molecule has 0 N–H and O–H groups in total. The molecule has 158 valence electrons. The molecule has 0 saturated carbocycles. The Kier molecular flexibility index (Phi) is 5.26. The number of hydrogen-bond acceptors (Lipinski definition) is 6. The Morgan fingerprint density at radius 1 is 1.00 bits per heavy atom. The molecule has 7 nitrogen and oxygen atoms in total. The molecule has 31 heavy (non-hydrogen) atoms. The van der Waals surface area contributed by atoms with E-state index in [1.165, 1.54) is 17.5 Å². The van der Waals surface area contributed by atoms with Crippen molar-refractivity contribution < 1.29 is 14.2 Å². The number of nitrogens with zero attached hydrogens (tertiary/aromatic N) is 4. The third kappa shape index (κ3) is 4.36. The predicted molar refractivity (Wildman–Crippen MR) is 116 cm³/mol. The van der Waals surface area contributed by atoms with Crippen LogP contribution in [0.15, 0.2) is 67.3 Å². The molecule has 0 amide bonds. The Balaban J connectivity index is 1.35. The zero-order valence-electron chi connectivity index (χ0n) is 17.5. The number of rotatable bonds is 6.